The highest BCUT2D eigenvalue weighted by molar-refractivity contribution is 6.55. The average molecular weight is 188 g/mol. The van der Waals surface area contributed by atoms with E-state index in [-0.39, 0.29) is 11.9 Å². The van der Waals surface area contributed by atoms with Crippen molar-refractivity contribution in [3.05, 3.63) is 35.6 Å². The lowest BCUT2D eigenvalue weighted by Crippen LogP contribution is -2.37. The molecular formula is C7H9FO3Si. The van der Waals surface area contributed by atoms with Crippen molar-refractivity contribution in [2.75, 3.05) is 0 Å². The summed E-state index contributed by atoms with van der Waals surface area (Å²) >= 11 is 0. The molecule has 0 atom stereocenters. The van der Waals surface area contributed by atoms with Crippen LogP contribution in [-0.2, 0) is 6.04 Å². The van der Waals surface area contributed by atoms with Crippen molar-refractivity contribution < 1.29 is 18.8 Å². The third-order valence-corrected chi connectivity index (χ3v) is 2.24. The molecule has 0 radical (unpaired) electrons. The molecule has 0 heterocycles. The van der Waals surface area contributed by atoms with E-state index in [4.69, 9.17) is 14.4 Å². The van der Waals surface area contributed by atoms with Crippen LogP contribution in [0.1, 0.15) is 5.56 Å². The lowest BCUT2D eigenvalue weighted by molar-refractivity contribution is 0.227. The molecule has 0 fully saturated rings. The molecule has 0 aliphatic carbocycles. The van der Waals surface area contributed by atoms with Gasteiger partial charge in [-0.2, -0.15) is 0 Å². The minimum absolute atomic E-state index is 0.201. The first kappa shape index (κ1) is 9.34. The van der Waals surface area contributed by atoms with Crippen LogP contribution in [0.15, 0.2) is 24.3 Å². The zero-order chi connectivity index (χ0) is 9.19. The van der Waals surface area contributed by atoms with Crippen molar-refractivity contribution in [2.24, 2.45) is 0 Å². The Morgan fingerprint density at radius 3 is 2.00 bits per heavy atom. The zero-order valence-electron chi connectivity index (χ0n) is 6.24. The van der Waals surface area contributed by atoms with E-state index >= 15 is 0 Å². The highest BCUT2D eigenvalue weighted by atomic mass is 28.4. The van der Waals surface area contributed by atoms with Gasteiger partial charge in [0, 0.05) is 6.04 Å². The second kappa shape index (κ2) is 3.32. The topological polar surface area (TPSA) is 60.7 Å². The molecule has 3 N–H and O–H groups in total. The Balaban J connectivity index is 2.71. The summed E-state index contributed by atoms with van der Waals surface area (Å²) in [6.07, 6.45) is 0. The molecule has 0 saturated heterocycles. The fourth-order valence-electron chi connectivity index (χ4n) is 0.876. The Morgan fingerprint density at radius 2 is 1.58 bits per heavy atom. The number of halogens is 1. The highest BCUT2D eigenvalue weighted by Gasteiger charge is 2.26. The monoisotopic (exact) mass is 188 g/mol. The van der Waals surface area contributed by atoms with Crippen LogP contribution in [0.4, 0.5) is 4.39 Å². The van der Waals surface area contributed by atoms with Gasteiger partial charge in [-0.1, -0.05) is 12.1 Å². The van der Waals surface area contributed by atoms with Gasteiger partial charge in [-0.15, -0.1) is 0 Å². The molecule has 12 heavy (non-hydrogen) atoms. The maximum atomic E-state index is 12.3. The number of hydrogen-bond acceptors (Lipinski definition) is 3. The average Bonchev–Trinajstić information content (AvgIpc) is 1.91. The van der Waals surface area contributed by atoms with Gasteiger partial charge < -0.3 is 14.4 Å². The molecule has 0 amide bonds. The summed E-state index contributed by atoms with van der Waals surface area (Å²) in [5.74, 6) is -0.389. The van der Waals surface area contributed by atoms with E-state index in [0.717, 1.165) is 0 Å². The Kier molecular flexibility index (Phi) is 2.58. The van der Waals surface area contributed by atoms with E-state index in [2.05, 4.69) is 0 Å². The molecule has 0 bridgehead atoms. The molecule has 1 aromatic carbocycles. The van der Waals surface area contributed by atoms with Crippen LogP contribution in [0, 0.1) is 5.82 Å². The maximum Gasteiger partial charge on any atom is 0.497 e. The first-order valence-corrected chi connectivity index (χ1v) is 5.44. The lowest BCUT2D eigenvalue weighted by Gasteiger charge is -2.08. The molecule has 1 rings (SSSR count). The third-order valence-electron chi connectivity index (χ3n) is 1.35. The largest absolute Gasteiger partial charge is 0.497 e. The van der Waals surface area contributed by atoms with Gasteiger partial charge >= 0.3 is 8.80 Å². The van der Waals surface area contributed by atoms with Crippen molar-refractivity contribution in [1.29, 1.82) is 0 Å². The van der Waals surface area contributed by atoms with E-state index in [1.54, 1.807) is 0 Å². The summed E-state index contributed by atoms with van der Waals surface area (Å²) in [4.78, 5) is 26.1. The van der Waals surface area contributed by atoms with E-state index in [9.17, 15) is 4.39 Å². The predicted molar refractivity (Wildman–Crippen MR) is 42.5 cm³/mol. The molecular weight excluding hydrogens is 179 g/mol. The molecule has 0 spiro atoms. The number of hydrogen-bond donors (Lipinski definition) is 3. The van der Waals surface area contributed by atoms with Crippen LogP contribution in [0.2, 0.25) is 0 Å². The molecule has 0 aliphatic heterocycles. The highest BCUT2D eigenvalue weighted by Crippen LogP contribution is 2.06. The second-order valence-electron chi connectivity index (χ2n) is 2.58. The quantitative estimate of drug-likeness (QED) is 0.564. The van der Waals surface area contributed by atoms with Crippen LogP contribution in [0.3, 0.4) is 0 Å². The smallest absolute Gasteiger partial charge is 0.390 e. The normalized spacial score (nSPS) is 11.7. The van der Waals surface area contributed by atoms with E-state index in [1.165, 1.54) is 24.3 Å². The molecule has 0 aromatic heterocycles. The van der Waals surface area contributed by atoms with Gasteiger partial charge in [0.2, 0.25) is 0 Å². The van der Waals surface area contributed by atoms with Crippen LogP contribution in [0.5, 0.6) is 0 Å². The summed E-state index contributed by atoms with van der Waals surface area (Å²) < 4.78 is 12.3. The van der Waals surface area contributed by atoms with E-state index in [1.807, 2.05) is 0 Å². The van der Waals surface area contributed by atoms with Crippen LogP contribution >= 0.6 is 0 Å². The Hall–Kier alpha value is -0.753. The van der Waals surface area contributed by atoms with Crippen molar-refractivity contribution >= 4 is 8.80 Å². The Bertz CT molecular complexity index is 254. The summed E-state index contributed by atoms with van der Waals surface area (Å²) in [5.41, 5.74) is 0.510. The molecule has 3 nitrogen and oxygen atoms in total. The third kappa shape index (κ3) is 3.10. The van der Waals surface area contributed by atoms with Crippen molar-refractivity contribution in [3.63, 3.8) is 0 Å². The first-order valence-electron chi connectivity index (χ1n) is 3.39. The molecule has 0 saturated carbocycles. The van der Waals surface area contributed by atoms with Gasteiger partial charge in [0.1, 0.15) is 5.82 Å². The minimum atomic E-state index is -4.04. The summed E-state index contributed by atoms with van der Waals surface area (Å²) in [5, 5.41) is 0. The van der Waals surface area contributed by atoms with Gasteiger partial charge in [0.15, 0.2) is 0 Å². The molecule has 5 heteroatoms. The fraction of sp³-hybridized carbons (Fsp3) is 0.143. The van der Waals surface area contributed by atoms with Crippen LogP contribution in [-0.4, -0.2) is 23.2 Å². The second-order valence-corrected chi connectivity index (χ2v) is 4.48. The number of rotatable bonds is 2. The predicted octanol–water partition coefficient (Wildman–Crippen LogP) is -0.177. The van der Waals surface area contributed by atoms with Gasteiger partial charge in [-0.3, -0.25) is 0 Å². The zero-order valence-corrected chi connectivity index (χ0v) is 7.24. The van der Waals surface area contributed by atoms with E-state index in [0.29, 0.717) is 5.56 Å². The van der Waals surface area contributed by atoms with Gasteiger partial charge in [-0.05, 0) is 17.7 Å². The van der Waals surface area contributed by atoms with Crippen molar-refractivity contribution in [3.8, 4) is 0 Å². The standard InChI is InChI=1S/C7H9FO3Si/c8-7-3-1-6(2-4-7)5-12(9,10)11/h1-4,9-11H,5H2. The first-order chi connectivity index (χ1) is 5.47. The van der Waals surface area contributed by atoms with Gasteiger partial charge in [0.05, 0.1) is 0 Å². The number of benzene rings is 1. The molecule has 66 valence electrons. The van der Waals surface area contributed by atoms with Gasteiger partial charge in [0.25, 0.3) is 0 Å². The maximum absolute atomic E-state index is 12.3. The summed E-state index contributed by atoms with van der Waals surface area (Å²) in [6, 6.07) is 5.01. The van der Waals surface area contributed by atoms with Crippen LogP contribution < -0.4 is 0 Å². The van der Waals surface area contributed by atoms with Crippen molar-refractivity contribution in [2.45, 2.75) is 6.04 Å². The van der Waals surface area contributed by atoms with E-state index < -0.39 is 8.80 Å². The lowest BCUT2D eigenvalue weighted by atomic mass is 10.2. The van der Waals surface area contributed by atoms with Gasteiger partial charge in [-0.25, -0.2) is 4.39 Å². The van der Waals surface area contributed by atoms with Crippen LogP contribution in [0.25, 0.3) is 0 Å². The Labute approximate surface area is 70.1 Å². The summed E-state index contributed by atoms with van der Waals surface area (Å²) in [6.45, 7) is 0. The minimum Gasteiger partial charge on any atom is -0.390 e. The summed E-state index contributed by atoms with van der Waals surface area (Å²) in [7, 11) is -4.04. The molecule has 0 unspecified atom stereocenters. The fourth-order valence-corrected chi connectivity index (χ4v) is 1.66. The van der Waals surface area contributed by atoms with Crippen molar-refractivity contribution in [1.82, 2.24) is 0 Å². The molecule has 1 aromatic rings. The molecule has 0 aliphatic rings. The SMILES string of the molecule is O[Si](O)(O)Cc1ccc(F)cc1. The Morgan fingerprint density at radius 1 is 1.08 bits per heavy atom.